The lowest BCUT2D eigenvalue weighted by Gasteiger charge is -2.28. The normalized spacial score (nSPS) is 18.0. The number of nitrogens with zero attached hydrogens (tertiary/aromatic N) is 3. The van der Waals surface area contributed by atoms with E-state index in [1.165, 1.54) is 29.2 Å². The van der Waals surface area contributed by atoms with Crippen LogP contribution in [0.15, 0.2) is 60.2 Å². The number of nitro benzene ring substituents is 1. The number of rotatable bonds is 8. The van der Waals surface area contributed by atoms with E-state index in [9.17, 15) is 24.8 Å². The van der Waals surface area contributed by atoms with E-state index in [0.717, 1.165) is 13.1 Å². The minimum Gasteiger partial charge on any atom is -0.507 e. The van der Waals surface area contributed by atoms with E-state index < -0.39 is 22.7 Å². The first-order valence-electron chi connectivity index (χ1n) is 10.2. The van der Waals surface area contributed by atoms with Crippen LogP contribution < -0.4 is 0 Å². The number of carbonyl (C=O) groups excluding carboxylic acids is 2. The van der Waals surface area contributed by atoms with E-state index in [2.05, 4.69) is 4.90 Å². The van der Waals surface area contributed by atoms with Crippen LogP contribution in [0.2, 0.25) is 0 Å². The highest BCUT2D eigenvalue weighted by atomic mass is 16.6. The summed E-state index contributed by atoms with van der Waals surface area (Å²) >= 11 is 0. The SMILES string of the molecule is CCN(CC)CCN1C(=O)C(=O)C(=C(O)c2ccc([N+](=O)[O-])cc2)[C@@H]1c1ccccc1. The first kappa shape index (κ1) is 22.2. The van der Waals surface area contributed by atoms with Crippen molar-refractivity contribution in [3.63, 3.8) is 0 Å². The van der Waals surface area contributed by atoms with Crippen LogP contribution in [0.5, 0.6) is 0 Å². The van der Waals surface area contributed by atoms with Crippen LogP contribution in [-0.2, 0) is 9.59 Å². The zero-order valence-electron chi connectivity index (χ0n) is 17.5. The standard InChI is InChI=1S/C23H25N3O5/c1-3-24(4-2)14-15-25-20(16-8-6-5-7-9-16)19(22(28)23(25)29)21(27)17-10-12-18(13-11-17)26(30)31/h5-13,20,27H,3-4,14-15H2,1-2H3/t20-/m0/s1. The molecular formula is C23H25N3O5. The highest BCUT2D eigenvalue weighted by molar-refractivity contribution is 6.46. The number of aliphatic hydroxyl groups is 1. The summed E-state index contributed by atoms with van der Waals surface area (Å²) in [6, 6.07) is 13.6. The zero-order valence-corrected chi connectivity index (χ0v) is 17.5. The van der Waals surface area contributed by atoms with Gasteiger partial charge in [0.15, 0.2) is 0 Å². The monoisotopic (exact) mass is 423 g/mol. The molecule has 0 unspecified atom stereocenters. The molecule has 1 amide bonds. The Morgan fingerprint density at radius 1 is 1.06 bits per heavy atom. The quantitative estimate of drug-likeness (QED) is 0.230. The molecule has 2 aromatic rings. The maximum atomic E-state index is 12.9. The van der Waals surface area contributed by atoms with Crippen molar-refractivity contribution >= 4 is 23.1 Å². The predicted molar refractivity (Wildman–Crippen MR) is 116 cm³/mol. The van der Waals surface area contributed by atoms with Crippen LogP contribution in [0.25, 0.3) is 5.76 Å². The highest BCUT2D eigenvalue weighted by Gasteiger charge is 2.45. The molecule has 8 heteroatoms. The van der Waals surface area contributed by atoms with Gasteiger partial charge in [0.05, 0.1) is 16.5 Å². The van der Waals surface area contributed by atoms with Gasteiger partial charge >= 0.3 is 0 Å². The number of aliphatic hydroxyl groups excluding tert-OH is 1. The van der Waals surface area contributed by atoms with Crippen molar-refractivity contribution in [3.05, 3.63) is 81.4 Å². The van der Waals surface area contributed by atoms with E-state index in [1.807, 2.05) is 44.2 Å². The summed E-state index contributed by atoms with van der Waals surface area (Å²) < 4.78 is 0. The van der Waals surface area contributed by atoms with Gasteiger partial charge < -0.3 is 14.9 Å². The van der Waals surface area contributed by atoms with Crippen LogP contribution in [0.1, 0.15) is 31.0 Å². The number of hydrogen-bond acceptors (Lipinski definition) is 6. The lowest BCUT2D eigenvalue weighted by atomic mass is 9.95. The fourth-order valence-electron chi connectivity index (χ4n) is 3.78. The molecule has 0 spiro atoms. The number of amides is 1. The lowest BCUT2D eigenvalue weighted by Crippen LogP contribution is -2.38. The molecule has 31 heavy (non-hydrogen) atoms. The van der Waals surface area contributed by atoms with Gasteiger partial charge in [-0.3, -0.25) is 19.7 Å². The number of ketones is 1. The smallest absolute Gasteiger partial charge is 0.295 e. The largest absolute Gasteiger partial charge is 0.507 e. The predicted octanol–water partition coefficient (Wildman–Crippen LogP) is 3.36. The second-order valence-electron chi connectivity index (χ2n) is 7.23. The van der Waals surface area contributed by atoms with Gasteiger partial charge in [-0.05, 0) is 30.8 Å². The van der Waals surface area contributed by atoms with E-state index in [1.54, 1.807) is 0 Å². The van der Waals surface area contributed by atoms with Gasteiger partial charge in [-0.2, -0.15) is 0 Å². The maximum Gasteiger partial charge on any atom is 0.295 e. The molecule has 0 aliphatic carbocycles. The molecule has 0 aromatic heterocycles. The molecule has 1 N–H and O–H groups in total. The molecule has 0 bridgehead atoms. The molecule has 0 saturated carbocycles. The Balaban J connectivity index is 2.06. The topological polar surface area (TPSA) is 104 Å². The molecule has 8 nitrogen and oxygen atoms in total. The van der Waals surface area contributed by atoms with E-state index >= 15 is 0 Å². The van der Waals surface area contributed by atoms with Crippen LogP contribution >= 0.6 is 0 Å². The Morgan fingerprint density at radius 3 is 2.23 bits per heavy atom. The number of hydrogen-bond donors (Lipinski definition) is 1. The Hall–Kier alpha value is -3.52. The molecule has 162 valence electrons. The summed E-state index contributed by atoms with van der Waals surface area (Å²) in [5.41, 5.74) is 0.818. The van der Waals surface area contributed by atoms with Crippen molar-refractivity contribution in [1.82, 2.24) is 9.80 Å². The first-order valence-corrected chi connectivity index (χ1v) is 10.2. The minimum atomic E-state index is -0.760. The van der Waals surface area contributed by atoms with Crippen molar-refractivity contribution in [2.24, 2.45) is 0 Å². The molecule has 0 radical (unpaired) electrons. The molecule has 1 heterocycles. The molecular weight excluding hydrogens is 398 g/mol. The molecule has 1 fully saturated rings. The number of Topliss-reactive ketones (excluding diaryl/α,β-unsaturated/α-hetero) is 1. The number of nitro groups is 1. The summed E-state index contributed by atoms with van der Waals surface area (Å²) in [4.78, 5) is 39.8. The third-order valence-electron chi connectivity index (χ3n) is 5.56. The second-order valence-corrected chi connectivity index (χ2v) is 7.23. The van der Waals surface area contributed by atoms with Gasteiger partial charge in [-0.15, -0.1) is 0 Å². The van der Waals surface area contributed by atoms with Crippen molar-refractivity contribution in [1.29, 1.82) is 0 Å². The lowest BCUT2D eigenvalue weighted by molar-refractivity contribution is -0.384. The Bertz CT molecular complexity index is 998. The van der Waals surface area contributed by atoms with Crippen LogP contribution in [0, 0.1) is 10.1 Å². The Labute approximate surface area is 180 Å². The first-order chi connectivity index (χ1) is 14.9. The molecule has 1 saturated heterocycles. The van der Waals surface area contributed by atoms with Gasteiger partial charge in [0.1, 0.15) is 5.76 Å². The van der Waals surface area contributed by atoms with Crippen LogP contribution in [0.4, 0.5) is 5.69 Å². The van der Waals surface area contributed by atoms with Crippen LogP contribution in [0.3, 0.4) is 0 Å². The molecule has 2 aromatic carbocycles. The van der Waals surface area contributed by atoms with Gasteiger partial charge in [-0.1, -0.05) is 44.2 Å². The summed E-state index contributed by atoms with van der Waals surface area (Å²) in [6.45, 7) is 6.63. The molecule has 1 aliphatic heterocycles. The highest BCUT2D eigenvalue weighted by Crippen LogP contribution is 2.39. The molecule has 3 rings (SSSR count). The number of likely N-dealkylation sites (tertiary alicyclic amines) is 1. The van der Waals surface area contributed by atoms with Crippen molar-refractivity contribution in [2.75, 3.05) is 26.2 Å². The van der Waals surface area contributed by atoms with Crippen molar-refractivity contribution in [2.45, 2.75) is 19.9 Å². The van der Waals surface area contributed by atoms with Crippen LogP contribution in [-0.4, -0.2) is 57.7 Å². The third kappa shape index (κ3) is 4.49. The number of likely N-dealkylation sites (N-methyl/N-ethyl adjacent to an activating group) is 1. The number of non-ortho nitro benzene ring substituents is 1. The van der Waals surface area contributed by atoms with E-state index in [4.69, 9.17) is 0 Å². The summed E-state index contributed by atoms with van der Waals surface area (Å²) in [6.07, 6.45) is 0. The molecule has 1 atom stereocenters. The summed E-state index contributed by atoms with van der Waals surface area (Å²) in [5, 5.41) is 21.9. The summed E-state index contributed by atoms with van der Waals surface area (Å²) in [5.74, 6) is -1.76. The zero-order chi connectivity index (χ0) is 22.5. The Morgan fingerprint density at radius 2 is 1.68 bits per heavy atom. The average molecular weight is 423 g/mol. The summed E-state index contributed by atoms with van der Waals surface area (Å²) in [7, 11) is 0. The maximum absolute atomic E-state index is 12.9. The van der Waals surface area contributed by atoms with Crippen molar-refractivity contribution < 1.29 is 19.6 Å². The fraction of sp³-hybridized carbons (Fsp3) is 0.304. The van der Waals surface area contributed by atoms with Gasteiger partial charge in [-0.25, -0.2) is 0 Å². The van der Waals surface area contributed by atoms with E-state index in [-0.39, 0.29) is 22.6 Å². The van der Waals surface area contributed by atoms with Crippen molar-refractivity contribution in [3.8, 4) is 0 Å². The number of benzene rings is 2. The van der Waals surface area contributed by atoms with E-state index in [0.29, 0.717) is 18.7 Å². The fourth-order valence-corrected chi connectivity index (χ4v) is 3.78. The number of carbonyl (C=O) groups is 2. The van der Waals surface area contributed by atoms with Gasteiger partial charge in [0.25, 0.3) is 17.4 Å². The third-order valence-corrected chi connectivity index (χ3v) is 5.56. The minimum absolute atomic E-state index is 0.00963. The average Bonchev–Trinajstić information content (AvgIpc) is 3.05. The Kier molecular flexibility index (Phi) is 6.81. The second kappa shape index (κ2) is 9.53. The van der Waals surface area contributed by atoms with Gasteiger partial charge in [0.2, 0.25) is 0 Å². The molecule has 1 aliphatic rings. The van der Waals surface area contributed by atoms with Gasteiger partial charge in [0, 0.05) is 30.8 Å².